The average Bonchev–Trinajstić information content (AvgIpc) is 3.57. The molecule has 0 saturated carbocycles. The van der Waals surface area contributed by atoms with Gasteiger partial charge in [-0.25, -0.2) is 4.98 Å². The summed E-state index contributed by atoms with van der Waals surface area (Å²) in [5.74, 6) is -0.517. The molecular formula is C30H25N5O3. The molecule has 1 aliphatic rings. The summed E-state index contributed by atoms with van der Waals surface area (Å²) in [6, 6.07) is 18.7. The van der Waals surface area contributed by atoms with Gasteiger partial charge in [-0.15, -0.1) is 0 Å². The number of fused-ring (bicyclic) bond motifs is 2. The summed E-state index contributed by atoms with van der Waals surface area (Å²) < 4.78 is 1.57. The lowest BCUT2D eigenvalue weighted by atomic mass is 9.94. The van der Waals surface area contributed by atoms with Crippen LogP contribution in [0.15, 0.2) is 77.9 Å². The fraction of sp³-hybridized carbons (Fsp3) is 0.133. The van der Waals surface area contributed by atoms with Crippen LogP contribution in [0.1, 0.15) is 28.5 Å². The van der Waals surface area contributed by atoms with E-state index < -0.39 is 5.91 Å². The molecule has 0 radical (unpaired) electrons. The van der Waals surface area contributed by atoms with Gasteiger partial charge in [-0.2, -0.15) is 0 Å². The zero-order valence-electron chi connectivity index (χ0n) is 21.0. The molecule has 3 aromatic carbocycles. The van der Waals surface area contributed by atoms with Gasteiger partial charge in [0.1, 0.15) is 6.33 Å². The van der Waals surface area contributed by atoms with Crippen LogP contribution < -0.4 is 11.3 Å². The van der Waals surface area contributed by atoms with Gasteiger partial charge in [0.25, 0.3) is 11.5 Å². The molecule has 0 saturated heterocycles. The number of amides is 2. The van der Waals surface area contributed by atoms with E-state index in [1.807, 2.05) is 61.5 Å². The van der Waals surface area contributed by atoms with Crippen LogP contribution in [0.25, 0.3) is 44.2 Å². The molecule has 0 spiro atoms. The highest BCUT2D eigenvalue weighted by Gasteiger charge is 2.22. The van der Waals surface area contributed by atoms with Gasteiger partial charge in [-0.05, 0) is 59.5 Å². The number of aromatic amines is 1. The Bertz CT molecular complexity index is 1880. The monoisotopic (exact) mass is 503 g/mol. The molecule has 3 heterocycles. The van der Waals surface area contributed by atoms with Gasteiger partial charge in [0.2, 0.25) is 5.91 Å². The fourth-order valence-electron chi connectivity index (χ4n) is 5.24. The second kappa shape index (κ2) is 8.85. The molecule has 188 valence electrons. The van der Waals surface area contributed by atoms with Crippen molar-refractivity contribution >= 4 is 39.2 Å². The Morgan fingerprint density at radius 2 is 1.82 bits per heavy atom. The van der Waals surface area contributed by atoms with E-state index >= 15 is 0 Å². The topological polar surface area (TPSA) is 114 Å². The minimum atomic E-state index is -0.528. The number of para-hydroxylation sites is 1. The maximum Gasteiger partial charge on any atom is 0.265 e. The Labute approximate surface area is 218 Å². The van der Waals surface area contributed by atoms with Crippen LogP contribution in [0.4, 0.5) is 0 Å². The summed E-state index contributed by atoms with van der Waals surface area (Å²) in [5.41, 5.74) is 12.5. The molecule has 8 nitrogen and oxygen atoms in total. The number of H-pyrrole nitrogens is 1. The van der Waals surface area contributed by atoms with E-state index in [1.54, 1.807) is 34.9 Å². The van der Waals surface area contributed by atoms with Gasteiger partial charge in [0.05, 0.1) is 27.7 Å². The van der Waals surface area contributed by atoms with Gasteiger partial charge in [-0.1, -0.05) is 36.4 Å². The minimum absolute atomic E-state index is 0.0109. The zero-order chi connectivity index (χ0) is 26.6. The number of hydrogen-bond donors (Lipinski definition) is 2. The molecule has 0 unspecified atom stereocenters. The quantitative estimate of drug-likeness (QED) is 0.383. The molecule has 0 bridgehead atoms. The largest absolute Gasteiger partial charge is 0.366 e. The standard InChI is InChI=1S/C30H25N5O3/c1-17-20(7-5-9-27(17)35-16-32-25-8-4-3-6-22(25)30(35)38)21-10-11-23(29(31)37)28-24(21)14-26(33-28)19-12-13-34(15-19)18(2)36/h3-12,14,16,33H,13,15H2,1-2H3,(H2,31,37). The van der Waals surface area contributed by atoms with Gasteiger partial charge < -0.3 is 15.6 Å². The van der Waals surface area contributed by atoms with Crippen molar-refractivity contribution in [2.45, 2.75) is 13.8 Å². The minimum Gasteiger partial charge on any atom is -0.366 e. The van der Waals surface area contributed by atoms with E-state index in [0.29, 0.717) is 35.1 Å². The first-order valence-corrected chi connectivity index (χ1v) is 12.3. The summed E-state index contributed by atoms with van der Waals surface area (Å²) in [6.45, 7) is 4.57. The molecule has 6 rings (SSSR count). The van der Waals surface area contributed by atoms with E-state index in [9.17, 15) is 14.4 Å². The van der Waals surface area contributed by atoms with E-state index in [4.69, 9.17) is 5.73 Å². The number of nitrogens with one attached hydrogen (secondary N) is 1. The number of aromatic nitrogens is 3. The van der Waals surface area contributed by atoms with E-state index in [1.165, 1.54) is 0 Å². The normalized spacial score (nSPS) is 13.3. The van der Waals surface area contributed by atoms with Gasteiger partial charge in [0, 0.05) is 31.1 Å². The highest BCUT2D eigenvalue weighted by molar-refractivity contribution is 6.10. The number of hydrogen-bond acceptors (Lipinski definition) is 4. The molecule has 0 aliphatic carbocycles. The van der Waals surface area contributed by atoms with Crippen LogP contribution in [-0.4, -0.2) is 44.3 Å². The smallest absolute Gasteiger partial charge is 0.265 e. The number of carbonyl (C=O) groups excluding carboxylic acids is 2. The Morgan fingerprint density at radius 1 is 1.00 bits per heavy atom. The molecule has 0 atom stereocenters. The molecule has 1 aliphatic heterocycles. The third-order valence-electron chi connectivity index (χ3n) is 7.29. The Kier molecular flexibility index (Phi) is 5.45. The maximum absolute atomic E-state index is 13.3. The molecular weight excluding hydrogens is 478 g/mol. The summed E-state index contributed by atoms with van der Waals surface area (Å²) in [7, 11) is 0. The summed E-state index contributed by atoms with van der Waals surface area (Å²) >= 11 is 0. The van der Waals surface area contributed by atoms with Gasteiger partial charge in [-0.3, -0.25) is 19.0 Å². The van der Waals surface area contributed by atoms with Crippen molar-refractivity contribution in [2.75, 3.05) is 13.1 Å². The fourth-order valence-corrected chi connectivity index (χ4v) is 5.24. The van der Waals surface area contributed by atoms with Crippen LogP contribution >= 0.6 is 0 Å². The van der Waals surface area contributed by atoms with Crippen molar-refractivity contribution in [1.29, 1.82) is 0 Å². The van der Waals surface area contributed by atoms with Crippen molar-refractivity contribution in [3.8, 4) is 16.8 Å². The van der Waals surface area contributed by atoms with E-state index in [0.717, 1.165) is 39.0 Å². The maximum atomic E-state index is 13.3. The SMILES string of the molecule is CC(=O)N1CC=C(c2cc3c(-c4cccc(-n5cnc6ccccc6c5=O)c4C)ccc(C(N)=O)c3[nH]2)C1. The number of rotatable bonds is 4. The van der Waals surface area contributed by atoms with Crippen molar-refractivity contribution in [3.63, 3.8) is 0 Å². The van der Waals surface area contributed by atoms with Crippen LogP contribution in [-0.2, 0) is 4.79 Å². The first-order chi connectivity index (χ1) is 18.3. The third kappa shape index (κ3) is 3.69. The molecule has 5 aromatic rings. The number of nitrogens with zero attached hydrogens (tertiary/aromatic N) is 3. The predicted octanol–water partition coefficient (Wildman–Crippen LogP) is 4.19. The predicted molar refractivity (Wildman–Crippen MR) is 148 cm³/mol. The van der Waals surface area contributed by atoms with Gasteiger partial charge >= 0.3 is 0 Å². The van der Waals surface area contributed by atoms with Crippen LogP contribution in [0.3, 0.4) is 0 Å². The molecule has 2 aromatic heterocycles. The van der Waals surface area contributed by atoms with Crippen molar-refractivity contribution < 1.29 is 9.59 Å². The number of carbonyl (C=O) groups is 2. The van der Waals surface area contributed by atoms with E-state index in [-0.39, 0.29) is 11.5 Å². The van der Waals surface area contributed by atoms with Crippen LogP contribution in [0.2, 0.25) is 0 Å². The Morgan fingerprint density at radius 3 is 2.58 bits per heavy atom. The second-order valence-corrected chi connectivity index (χ2v) is 9.51. The van der Waals surface area contributed by atoms with Crippen molar-refractivity contribution in [2.24, 2.45) is 5.73 Å². The molecule has 3 N–H and O–H groups in total. The molecule has 38 heavy (non-hydrogen) atoms. The number of benzene rings is 3. The lowest BCUT2D eigenvalue weighted by Crippen LogP contribution is -2.25. The Balaban J connectivity index is 1.52. The Hall–Kier alpha value is -4.98. The highest BCUT2D eigenvalue weighted by Crippen LogP contribution is 2.36. The first kappa shape index (κ1) is 23.4. The highest BCUT2D eigenvalue weighted by atomic mass is 16.2. The lowest BCUT2D eigenvalue weighted by molar-refractivity contribution is -0.127. The summed E-state index contributed by atoms with van der Waals surface area (Å²) in [4.78, 5) is 47.1. The van der Waals surface area contributed by atoms with Crippen LogP contribution in [0, 0.1) is 6.92 Å². The number of nitrogens with two attached hydrogens (primary N) is 1. The molecule has 0 fully saturated rings. The van der Waals surface area contributed by atoms with Crippen molar-refractivity contribution in [3.05, 3.63) is 100 Å². The van der Waals surface area contributed by atoms with E-state index in [2.05, 4.69) is 9.97 Å². The van der Waals surface area contributed by atoms with Gasteiger partial charge in [0.15, 0.2) is 0 Å². The second-order valence-electron chi connectivity index (χ2n) is 9.51. The molecule has 2 amide bonds. The van der Waals surface area contributed by atoms with Crippen molar-refractivity contribution in [1.82, 2.24) is 19.4 Å². The molecule has 8 heteroatoms. The third-order valence-corrected chi connectivity index (χ3v) is 7.29. The lowest BCUT2D eigenvalue weighted by Gasteiger charge is -2.15. The first-order valence-electron chi connectivity index (χ1n) is 12.3. The zero-order valence-corrected chi connectivity index (χ0v) is 21.0. The van der Waals surface area contributed by atoms with Crippen LogP contribution in [0.5, 0.6) is 0 Å². The summed E-state index contributed by atoms with van der Waals surface area (Å²) in [6.07, 6.45) is 3.57. The average molecular weight is 504 g/mol. The summed E-state index contributed by atoms with van der Waals surface area (Å²) in [5, 5.41) is 1.38. The number of primary amides is 1.